The predicted octanol–water partition coefficient (Wildman–Crippen LogP) is 4.67. The zero-order chi connectivity index (χ0) is 17.3. The quantitative estimate of drug-likeness (QED) is 0.759. The lowest BCUT2D eigenvalue weighted by Gasteiger charge is -2.15. The number of sulfone groups is 1. The molecular formula is C16H12F4O2S. The molecule has 0 fully saturated rings. The highest BCUT2D eigenvalue weighted by atomic mass is 32.2. The largest absolute Gasteiger partial charge is 0.420 e. The molecule has 0 saturated heterocycles. The van der Waals surface area contributed by atoms with E-state index in [-0.39, 0.29) is 5.56 Å². The zero-order valence-corrected chi connectivity index (χ0v) is 12.7. The van der Waals surface area contributed by atoms with Crippen molar-refractivity contribution in [1.82, 2.24) is 0 Å². The molecule has 0 aliphatic heterocycles. The molecule has 0 unspecified atom stereocenters. The average molecular weight is 344 g/mol. The van der Waals surface area contributed by atoms with Crippen molar-refractivity contribution >= 4 is 15.4 Å². The summed E-state index contributed by atoms with van der Waals surface area (Å²) in [6, 6.07) is 11.3. The molecule has 23 heavy (non-hydrogen) atoms. The smallest absolute Gasteiger partial charge is 0.216 e. The Morgan fingerprint density at radius 2 is 1.43 bits per heavy atom. The third-order valence-electron chi connectivity index (χ3n) is 3.18. The minimum absolute atomic E-state index is 0.123. The minimum atomic E-state index is -5.15. The Balaban J connectivity index is 2.77. The summed E-state index contributed by atoms with van der Waals surface area (Å²) in [7, 11) is -4.89. The second kappa shape index (κ2) is 6.16. The maximum atomic E-state index is 14.5. The van der Waals surface area contributed by atoms with Crippen LogP contribution in [-0.4, -0.2) is 14.6 Å². The normalized spacial score (nSPS) is 13.6. The fourth-order valence-corrected chi connectivity index (χ4v) is 3.28. The van der Waals surface area contributed by atoms with Crippen LogP contribution in [0.1, 0.15) is 11.1 Å². The van der Waals surface area contributed by atoms with E-state index in [0.717, 1.165) is 18.2 Å². The second-order valence-corrected chi connectivity index (χ2v) is 6.61. The Morgan fingerprint density at radius 1 is 0.913 bits per heavy atom. The molecule has 0 bridgehead atoms. The number of halogens is 4. The molecule has 7 heteroatoms. The summed E-state index contributed by atoms with van der Waals surface area (Å²) in [5.74, 6) is 0. The molecule has 2 nitrogen and oxygen atoms in total. The predicted molar refractivity (Wildman–Crippen MR) is 78.9 cm³/mol. The molecule has 0 amide bonds. The van der Waals surface area contributed by atoms with E-state index >= 15 is 0 Å². The van der Waals surface area contributed by atoms with Crippen molar-refractivity contribution in [1.29, 1.82) is 0 Å². The summed E-state index contributed by atoms with van der Waals surface area (Å²) in [6.07, 6.45) is -5.15. The van der Waals surface area contributed by atoms with Crippen molar-refractivity contribution in [2.45, 2.75) is 18.0 Å². The summed E-state index contributed by atoms with van der Waals surface area (Å²) in [5.41, 5.74) is -2.17. The van der Waals surface area contributed by atoms with Crippen LogP contribution in [0.5, 0.6) is 0 Å². The molecule has 0 saturated carbocycles. The molecule has 0 aliphatic rings. The van der Waals surface area contributed by atoms with E-state index in [0.29, 0.717) is 0 Å². The molecule has 0 radical (unpaired) electrons. The van der Waals surface area contributed by atoms with Crippen molar-refractivity contribution < 1.29 is 26.0 Å². The lowest BCUT2D eigenvalue weighted by molar-refractivity contribution is -0.0698. The molecule has 2 aromatic carbocycles. The average Bonchev–Trinajstić information content (AvgIpc) is 2.49. The van der Waals surface area contributed by atoms with Crippen LogP contribution in [0.15, 0.2) is 64.7 Å². The van der Waals surface area contributed by atoms with Crippen molar-refractivity contribution in [3.8, 4) is 0 Å². The topological polar surface area (TPSA) is 34.1 Å². The van der Waals surface area contributed by atoms with Crippen LogP contribution in [0.4, 0.5) is 17.6 Å². The summed E-state index contributed by atoms with van der Waals surface area (Å²) in [4.78, 5) is -0.534. The minimum Gasteiger partial charge on any atom is -0.216 e. The Kier molecular flexibility index (Phi) is 4.61. The first-order valence-corrected chi connectivity index (χ1v) is 7.97. The van der Waals surface area contributed by atoms with Gasteiger partial charge in [0.25, 0.3) is 0 Å². The van der Waals surface area contributed by atoms with Gasteiger partial charge in [0, 0.05) is 0 Å². The first kappa shape index (κ1) is 17.2. The number of aryl methyl sites for hydroxylation is 1. The van der Waals surface area contributed by atoms with E-state index in [4.69, 9.17) is 0 Å². The van der Waals surface area contributed by atoms with Gasteiger partial charge in [-0.2, -0.15) is 17.6 Å². The van der Waals surface area contributed by atoms with E-state index in [1.807, 2.05) is 0 Å². The number of benzene rings is 2. The van der Waals surface area contributed by atoms with Crippen LogP contribution in [0.3, 0.4) is 0 Å². The lowest BCUT2D eigenvalue weighted by Crippen LogP contribution is -2.17. The Labute approximate surface area is 131 Å². The summed E-state index contributed by atoms with van der Waals surface area (Å²) >= 11 is 0. The van der Waals surface area contributed by atoms with Crippen molar-refractivity contribution in [2.75, 3.05) is 0 Å². The van der Waals surface area contributed by atoms with Gasteiger partial charge in [-0.15, -0.1) is 0 Å². The van der Waals surface area contributed by atoms with Gasteiger partial charge in [0.1, 0.15) is 5.57 Å². The van der Waals surface area contributed by atoms with Crippen LogP contribution in [0, 0.1) is 6.92 Å². The second-order valence-electron chi connectivity index (χ2n) is 4.78. The van der Waals surface area contributed by atoms with E-state index in [2.05, 4.69) is 0 Å². The van der Waals surface area contributed by atoms with Crippen LogP contribution < -0.4 is 0 Å². The number of alkyl halides is 3. The van der Waals surface area contributed by atoms with Gasteiger partial charge in [-0.25, -0.2) is 8.42 Å². The van der Waals surface area contributed by atoms with Crippen LogP contribution in [0.25, 0.3) is 5.57 Å². The number of allylic oxidation sites excluding steroid dienone is 1. The molecule has 0 heterocycles. The monoisotopic (exact) mass is 344 g/mol. The highest BCUT2D eigenvalue weighted by Crippen LogP contribution is 2.41. The molecule has 0 aliphatic carbocycles. The number of hydrogen-bond donors (Lipinski definition) is 0. The maximum Gasteiger partial charge on any atom is 0.420 e. The molecule has 2 aromatic rings. The van der Waals surface area contributed by atoms with Gasteiger partial charge < -0.3 is 0 Å². The number of hydrogen-bond acceptors (Lipinski definition) is 2. The Bertz CT molecular complexity index is 838. The van der Waals surface area contributed by atoms with Gasteiger partial charge >= 0.3 is 6.18 Å². The fraction of sp³-hybridized carbons (Fsp3) is 0.125. The molecule has 0 atom stereocenters. The third kappa shape index (κ3) is 3.44. The third-order valence-corrected chi connectivity index (χ3v) is 4.75. The SMILES string of the molecule is Cc1ccccc1/C(=C(\F)S(=O)(=O)c1ccccc1)C(F)(F)F. The zero-order valence-electron chi connectivity index (χ0n) is 11.9. The highest BCUT2D eigenvalue weighted by molar-refractivity contribution is 7.95. The van der Waals surface area contributed by atoms with Crippen molar-refractivity contribution in [2.24, 2.45) is 0 Å². The molecule has 122 valence electrons. The van der Waals surface area contributed by atoms with E-state index < -0.39 is 37.2 Å². The van der Waals surface area contributed by atoms with Gasteiger partial charge in [-0.05, 0) is 30.2 Å². The standard InChI is InChI=1S/C16H12F4O2S/c1-11-7-5-6-10-13(11)14(16(18,19)20)15(17)23(21,22)12-8-3-2-4-9-12/h2-10H,1H3/b15-14-. The Morgan fingerprint density at radius 3 is 1.96 bits per heavy atom. The summed E-state index contributed by atoms with van der Waals surface area (Å²) < 4.78 is 78.8. The molecule has 0 spiro atoms. The van der Waals surface area contributed by atoms with Crippen molar-refractivity contribution in [3.05, 3.63) is 70.9 Å². The van der Waals surface area contributed by atoms with E-state index in [1.54, 1.807) is 0 Å². The molecule has 0 aromatic heterocycles. The summed E-state index contributed by atoms with van der Waals surface area (Å²) in [5, 5.41) is -2.20. The van der Waals surface area contributed by atoms with Gasteiger partial charge in [0.05, 0.1) is 4.90 Å². The maximum absolute atomic E-state index is 14.5. The van der Waals surface area contributed by atoms with Gasteiger partial charge in [-0.1, -0.05) is 42.5 Å². The molecule has 0 N–H and O–H groups in total. The lowest BCUT2D eigenvalue weighted by atomic mass is 10.0. The van der Waals surface area contributed by atoms with E-state index in [9.17, 15) is 26.0 Å². The first-order chi connectivity index (χ1) is 10.7. The molecule has 2 rings (SSSR count). The van der Waals surface area contributed by atoms with Crippen LogP contribution >= 0.6 is 0 Å². The van der Waals surface area contributed by atoms with Crippen molar-refractivity contribution in [3.63, 3.8) is 0 Å². The molecular weight excluding hydrogens is 332 g/mol. The van der Waals surface area contributed by atoms with Crippen LogP contribution in [0.2, 0.25) is 0 Å². The first-order valence-electron chi connectivity index (χ1n) is 6.49. The number of rotatable bonds is 3. The van der Waals surface area contributed by atoms with Crippen LogP contribution in [-0.2, 0) is 9.84 Å². The van der Waals surface area contributed by atoms with E-state index in [1.165, 1.54) is 43.3 Å². The fourth-order valence-electron chi connectivity index (χ4n) is 2.06. The Hall–Kier alpha value is -2.15. The summed E-state index contributed by atoms with van der Waals surface area (Å²) in [6.45, 7) is 1.35. The van der Waals surface area contributed by atoms with Gasteiger partial charge in [-0.3, -0.25) is 0 Å². The highest BCUT2D eigenvalue weighted by Gasteiger charge is 2.42. The van der Waals surface area contributed by atoms with Gasteiger partial charge in [0.15, 0.2) is 0 Å². The van der Waals surface area contributed by atoms with Gasteiger partial charge in [0.2, 0.25) is 15.0 Å².